The van der Waals surface area contributed by atoms with E-state index in [-0.39, 0.29) is 5.91 Å². The molecule has 2 unspecified atom stereocenters. The third-order valence-corrected chi connectivity index (χ3v) is 3.27. The van der Waals surface area contributed by atoms with Gasteiger partial charge < -0.3 is 20.2 Å². The van der Waals surface area contributed by atoms with Crippen LogP contribution in [0.2, 0.25) is 0 Å². The smallest absolute Gasteiger partial charge is 0.335 e. The van der Waals surface area contributed by atoms with Crippen LogP contribution in [0.25, 0.3) is 0 Å². The topological polar surface area (TPSA) is 98.1 Å². The van der Waals surface area contributed by atoms with Crippen LogP contribution in [0.15, 0.2) is 18.2 Å². The number of hydrogen-bond donors (Lipinski definition) is 3. The molecular formula is C13H15NO5. The maximum Gasteiger partial charge on any atom is 0.335 e. The summed E-state index contributed by atoms with van der Waals surface area (Å²) in [7, 11) is 0. The van der Waals surface area contributed by atoms with Crippen LogP contribution in [0.1, 0.15) is 24.2 Å². The summed E-state index contributed by atoms with van der Waals surface area (Å²) in [4.78, 5) is 23.6. The number of nitrogens with zero attached hydrogens (tertiary/aromatic N) is 1. The number of aliphatic carboxylic acids is 1. The van der Waals surface area contributed by atoms with Gasteiger partial charge in [0.2, 0.25) is 5.91 Å². The fraction of sp³-hybridized carbons (Fsp3) is 0.385. The zero-order valence-electron chi connectivity index (χ0n) is 10.4. The first-order valence-electron chi connectivity index (χ1n) is 5.91. The Morgan fingerprint density at radius 3 is 2.58 bits per heavy atom. The van der Waals surface area contributed by atoms with Crippen LogP contribution in [-0.4, -0.2) is 39.8 Å². The summed E-state index contributed by atoms with van der Waals surface area (Å²) >= 11 is 0. The lowest BCUT2D eigenvalue weighted by Gasteiger charge is -2.17. The summed E-state index contributed by atoms with van der Waals surface area (Å²) < 4.78 is 0. The second-order valence-corrected chi connectivity index (χ2v) is 4.54. The number of amides is 1. The zero-order chi connectivity index (χ0) is 14.2. The number of hydrogen-bond acceptors (Lipinski definition) is 4. The van der Waals surface area contributed by atoms with Gasteiger partial charge in [-0.1, -0.05) is 12.1 Å². The maximum absolute atomic E-state index is 11.4. The Morgan fingerprint density at radius 1 is 1.32 bits per heavy atom. The van der Waals surface area contributed by atoms with Gasteiger partial charge in [-0.2, -0.15) is 0 Å². The average molecular weight is 265 g/mol. The SMILES string of the molecule is CC(=O)N1CCc2cc(C(O)C(O)C(=O)O)ccc21. The van der Waals surface area contributed by atoms with Crippen LogP contribution in [0.3, 0.4) is 0 Å². The highest BCUT2D eigenvalue weighted by atomic mass is 16.4. The molecule has 2 atom stereocenters. The van der Waals surface area contributed by atoms with Crippen molar-refractivity contribution < 1.29 is 24.9 Å². The molecule has 1 aliphatic rings. The Bertz CT molecular complexity index is 528. The highest BCUT2D eigenvalue weighted by Crippen LogP contribution is 2.31. The van der Waals surface area contributed by atoms with Crippen LogP contribution in [-0.2, 0) is 16.0 Å². The van der Waals surface area contributed by atoms with Crippen LogP contribution >= 0.6 is 0 Å². The quantitative estimate of drug-likeness (QED) is 0.718. The van der Waals surface area contributed by atoms with Crippen LogP contribution in [0.4, 0.5) is 5.69 Å². The van der Waals surface area contributed by atoms with Gasteiger partial charge >= 0.3 is 5.97 Å². The fourth-order valence-corrected chi connectivity index (χ4v) is 2.25. The number of carbonyl (C=O) groups is 2. The van der Waals surface area contributed by atoms with Crippen molar-refractivity contribution in [2.24, 2.45) is 0 Å². The molecule has 2 rings (SSSR count). The summed E-state index contributed by atoms with van der Waals surface area (Å²) in [6.07, 6.45) is -2.68. The van der Waals surface area contributed by atoms with Crippen molar-refractivity contribution in [1.82, 2.24) is 0 Å². The molecule has 1 aliphatic heterocycles. The van der Waals surface area contributed by atoms with E-state index < -0.39 is 18.2 Å². The molecule has 1 amide bonds. The van der Waals surface area contributed by atoms with Crippen LogP contribution in [0, 0.1) is 0 Å². The van der Waals surface area contributed by atoms with Crippen molar-refractivity contribution in [3.05, 3.63) is 29.3 Å². The molecular weight excluding hydrogens is 250 g/mol. The third kappa shape index (κ3) is 2.45. The number of fused-ring (bicyclic) bond motifs is 1. The largest absolute Gasteiger partial charge is 0.479 e. The Labute approximate surface area is 109 Å². The number of carboxylic acids is 1. The van der Waals surface area contributed by atoms with E-state index in [1.807, 2.05) is 0 Å². The molecule has 1 aromatic carbocycles. The lowest BCUT2D eigenvalue weighted by atomic mass is 10.0. The van der Waals surface area contributed by atoms with Gasteiger partial charge in [-0.3, -0.25) is 4.79 Å². The van der Waals surface area contributed by atoms with E-state index in [0.717, 1.165) is 11.3 Å². The number of carbonyl (C=O) groups excluding carboxylic acids is 1. The lowest BCUT2D eigenvalue weighted by molar-refractivity contribution is -0.153. The highest BCUT2D eigenvalue weighted by molar-refractivity contribution is 5.93. The molecule has 6 nitrogen and oxygen atoms in total. The second kappa shape index (κ2) is 4.99. The van der Waals surface area contributed by atoms with E-state index in [2.05, 4.69) is 0 Å². The van der Waals surface area contributed by atoms with Crippen molar-refractivity contribution >= 4 is 17.6 Å². The van der Waals surface area contributed by atoms with Crippen molar-refractivity contribution in [3.63, 3.8) is 0 Å². The molecule has 1 heterocycles. The van der Waals surface area contributed by atoms with E-state index in [1.165, 1.54) is 13.0 Å². The van der Waals surface area contributed by atoms with Crippen LogP contribution < -0.4 is 4.90 Å². The summed E-state index contributed by atoms with van der Waals surface area (Å²) in [5.74, 6) is -1.53. The molecule has 0 saturated heterocycles. The van der Waals surface area contributed by atoms with Crippen molar-refractivity contribution in [2.45, 2.75) is 25.6 Å². The first kappa shape index (κ1) is 13.5. The van der Waals surface area contributed by atoms with E-state index in [1.54, 1.807) is 17.0 Å². The zero-order valence-corrected chi connectivity index (χ0v) is 10.4. The van der Waals surface area contributed by atoms with E-state index >= 15 is 0 Å². The summed E-state index contributed by atoms with van der Waals surface area (Å²) in [5, 5.41) is 27.7. The molecule has 0 aromatic heterocycles. The minimum absolute atomic E-state index is 0.0578. The highest BCUT2D eigenvalue weighted by Gasteiger charge is 2.28. The number of anilines is 1. The third-order valence-electron chi connectivity index (χ3n) is 3.27. The molecule has 19 heavy (non-hydrogen) atoms. The summed E-state index contributed by atoms with van der Waals surface area (Å²) in [6, 6.07) is 4.82. The van der Waals surface area contributed by atoms with Gasteiger partial charge in [0, 0.05) is 19.2 Å². The standard InChI is InChI=1S/C13H15NO5/c1-7(15)14-5-4-8-6-9(2-3-10(8)14)11(16)12(17)13(18)19/h2-3,6,11-12,16-17H,4-5H2,1H3,(H,18,19). The van der Waals surface area contributed by atoms with Gasteiger partial charge in [-0.05, 0) is 23.6 Å². The van der Waals surface area contributed by atoms with Crippen molar-refractivity contribution in [2.75, 3.05) is 11.4 Å². The molecule has 102 valence electrons. The second-order valence-electron chi connectivity index (χ2n) is 4.54. The molecule has 0 fully saturated rings. The number of aliphatic hydroxyl groups is 2. The summed E-state index contributed by atoms with van der Waals surface area (Å²) in [6.45, 7) is 2.05. The predicted molar refractivity (Wildman–Crippen MR) is 66.8 cm³/mol. The lowest BCUT2D eigenvalue weighted by Crippen LogP contribution is -2.27. The Hall–Kier alpha value is -1.92. The minimum Gasteiger partial charge on any atom is -0.479 e. The van der Waals surface area contributed by atoms with Gasteiger partial charge in [0.25, 0.3) is 0 Å². The summed E-state index contributed by atoms with van der Waals surface area (Å²) in [5.41, 5.74) is 1.97. The number of rotatable bonds is 3. The average Bonchev–Trinajstić information content (AvgIpc) is 2.79. The number of carboxylic acid groups (broad SMARTS) is 1. The van der Waals surface area contributed by atoms with Gasteiger partial charge in [-0.25, -0.2) is 4.79 Å². The molecule has 6 heteroatoms. The maximum atomic E-state index is 11.4. The monoisotopic (exact) mass is 265 g/mol. The normalized spacial score (nSPS) is 16.9. The molecule has 0 saturated carbocycles. The first-order chi connectivity index (χ1) is 8.91. The van der Waals surface area contributed by atoms with Gasteiger partial charge in [-0.15, -0.1) is 0 Å². The molecule has 0 bridgehead atoms. The minimum atomic E-state index is -1.86. The predicted octanol–water partition coefficient (Wildman–Crippen LogP) is 0.0745. The Morgan fingerprint density at radius 2 is 2.00 bits per heavy atom. The Kier molecular flexibility index (Phi) is 3.55. The van der Waals surface area contributed by atoms with E-state index in [4.69, 9.17) is 5.11 Å². The van der Waals surface area contributed by atoms with Gasteiger partial charge in [0.1, 0.15) is 6.10 Å². The van der Waals surface area contributed by atoms with Crippen molar-refractivity contribution in [1.29, 1.82) is 0 Å². The van der Waals surface area contributed by atoms with Crippen LogP contribution in [0.5, 0.6) is 0 Å². The first-order valence-corrected chi connectivity index (χ1v) is 5.91. The molecule has 1 aromatic rings. The van der Waals surface area contributed by atoms with E-state index in [9.17, 15) is 19.8 Å². The molecule has 0 radical (unpaired) electrons. The molecule has 3 N–H and O–H groups in total. The molecule has 0 spiro atoms. The Balaban J connectivity index is 2.28. The number of aliphatic hydroxyl groups excluding tert-OH is 2. The van der Waals surface area contributed by atoms with Gasteiger partial charge in [0.05, 0.1) is 0 Å². The van der Waals surface area contributed by atoms with Gasteiger partial charge in [0.15, 0.2) is 6.10 Å². The fourth-order valence-electron chi connectivity index (χ4n) is 2.25. The van der Waals surface area contributed by atoms with E-state index in [0.29, 0.717) is 18.5 Å². The van der Waals surface area contributed by atoms with Crippen molar-refractivity contribution in [3.8, 4) is 0 Å². The number of benzene rings is 1. The molecule has 0 aliphatic carbocycles.